The van der Waals surface area contributed by atoms with E-state index in [0.717, 1.165) is 25.9 Å². The van der Waals surface area contributed by atoms with Crippen molar-refractivity contribution in [1.82, 2.24) is 15.1 Å². The zero-order chi connectivity index (χ0) is 16.2. The van der Waals surface area contributed by atoms with E-state index in [-0.39, 0.29) is 23.6 Å². The van der Waals surface area contributed by atoms with Gasteiger partial charge in [-0.1, -0.05) is 12.8 Å². The summed E-state index contributed by atoms with van der Waals surface area (Å²) in [5.74, 6) is 0.458. The predicted molar refractivity (Wildman–Crippen MR) is 77.6 cm³/mol. The van der Waals surface area contributed by atoms with Crippen LogP contribution in [0.2, 0.25) is 0 Å². The van der Waals surface area contributed by atoms with Gasteiger partial charge in [0.1, 0.15) is 0 Å². The highest BCUT2D eigenvalue weighted by Gasteiger charge is 2.64. The van der Waals surface area contributed by atoms with Gasteiger partial charge in [0.25, 0.3) is 0 Å². The molecule has 7 heteroatoms. The number of ether oxygens (including phenoxy) is 1. The number of rotatable bonds is 3. The minimum absolute atomic E-state index is 0.155. The highest BCUT2D eigenvalue weighted by molar-refractivity contribution is 5.22. The lowest BCUT2D eigenvalue weighted by molar-refractivity contribution is -0.143. The van der Waals surface area contributed by atoms with E-state index in [4.69, 9.17) is 4.74 Å². The molecule has 1 saturated heterocycles. The maximum atomic E-state index is 13.1. The third-order valence-electron chi connectivity index (χ3n) is 5.97. The van der Waals surface area contributed by atoms with E-state index in [1.807, 2.05) is 0 Å². The minimum Gasteiger partial charge on any atom is -0.377 e. The van der Waals surface area contributed by atoms with Crippen LogP contribution in [0.25, 0.3) is 0 Å². The number of fused-ring (bicyclic) bond motifs is 2. The van der Waals surface area contributed by atoms with Crippen molar-refractivity contribution in [1.29, 1.82) is 0 Å². The van der Waals surface area contributed by atoms with Gasteiger partial charge in [-0.3, -0.25) is 4.68 Å². The van der Waals surface area contributed by atoms with Crippen LogP contribution in [0.15, 0.2) is 6.20 Å². The first-order chi connectivity index (χ1) is 10.9. The lowest BCUT2D eigenvalue weighted by Crippen LogP contribution is -2.67. The smallest absolute Gasteiger partial charge is 0.377 e. The summed E-state index contributed by atoms with van der Waals surface area (Å²) in [6, 6.07) is 0.277. The monoisotopic (exact) mass is 329 g/mol. The molecule has 1 aromatic heterocycles. The lowest BCUT2D eigenvalue weighted by atomic mass is 9.54. The van der Waals surface area contributed by atoms with E-state index < -0.39 is 11.9 Å². The van der Waals surface area contributed by atoms with Crippen LogP contribution in [0.3, 0.4) is 0 Å². The first kappa shape index (κ1) is 15.4. The Hall–Kier alpha value is -1.08. The third kappa shape index (κ3) is 2.31. The van der Waals surface area contributed by atoms with Crippen molar-refractivity contribution in [3.05, 3.63) is 17.5 Å². The summed E-state index contributed by atoms with van der Waals surface area (Å²) < 4.78 is 46.4. The zero-order valence-corrected chi connectivity index (χ0v) is 13.2. The number of aromatic nitrogens is 2. The van der Waals surface area contributed by atoms with Crippen LogP contribution in [0.5, 0.6) is 0 Å². The molecule has 4 nitrogen and oxygen atoms in total. The van der Waals surface area contributed by atoms with Crippen LogP contribution in [0.4, 0.5) is 13.2 Å². The molecule has 3 fully saturated rings. The fourth-order valence-electron chi connectivity index (χ4n) is 5.13. The number of nitrogens with zero attached hydrogens (tertiary/aromatic N) is 2. The largest absolute Gasteiger partial charge is 0.435 e. The van der Waals surface area contributed by atoms with Crippen molar-refractivity contribution in [3.8, 4) is 0 Å². The molecule has 3 atom stereocenters. The molecule has 1 aliphatic heterocycles. The number of hydrogen-bond acceptors (Lipinski definition) is 3. The molecule has 1 aromatic rings. The van der Waals surface area contributed by atoms with Gasteiger partial charge >= 0.3 is 6.18 Å². The van der Waals surface area contributed by atoms with Crippen LogP contribution in [0, 0.1) is 11.3 Å². The highest BCUT2D eigenvalue weighted by atomic mass is 19.4. The molecule has 128 valence electrons. The molecule has 3 aliphatic rings. The van der Waals surface area contributed by atoms with E-state index >= 15 is 0 Å². The Morgan fingerprint density at radius 2 is 2.13 bits per heavy atom. The fraction of sp³-hybridized carbons (Fsp3) is 0.812. The molecule has 2 aliphatic carbocycles. The van der Waals surface area contributed by atoms with Gasteiger partial charge in [0.15, 0.2) is 5.69 Å². The normalized spacial score (nSPS) is 32.3. The van der Waals surface area contributed by atoms with Crippen molar-refractivity contribution >= 4 is 0 Å². The summed E-state index contributed by atoms with van der Waals surface area (Å²) in [5, 5.41) is 7.02. The first-order valence-corrected chi connectivity index (χ1v) is 8.36. The molecule has 23 heavy (non-hydrogen) atoms. The van der Waals surface area contributed by atoms with E-state index in [1.165, 1.54) is 30.8 Å². The summed E-state index contributed by atoms with van der Waals surface area (Å²) in [7, 11) is 1.53. The zero-order valence-electron chi connectivity index (χ0n) is 13.2. The Morgan fingerprint density at radius 1 is 1.39 bits per heavy atom. The molecule has 4 rings (SSSR count). The molecule has 0 radical (unpaired) electrons. The Kier molecular flexibility index (Phi) is 3.50. The minimum atomic E-state index is -4.40. The van der Waals surface area contributed by atoms with Crippen LogP contribution >= 0.6 is 0 Å². The number of aryl methyl sites for hydroxylation is 1. The number of nitrogens with one attached hydrogen (secondary N) is 1. The summed E-state index contributed by atoms with van der Waals surface area (Å²) in [4.78, 5) is 0. The van der Waals surface area contributed by atoms with Gasteiger partial charge in [-0.05, 0) is 19.3 Å². The SMILES string of the molecule is Cn1cc(CN[C@H]2[C@H]3CCO[C@H]3C23CCCC3)c(C(F)(F)F)n1. The molecule has 1 N–H and O–H groups in total. The van der Waals surface area contributed by atoms with Gasteiger partial charge in [0.2, 0.25) is 0 Å². The molecule has 2 saturated carbocycles. The number of hydrogen-bond donors (Lipinski definition) is 1. The molecule has 0 amide bonds. The van der Waals surface area contributed by atoms with E-state index in [9.17, 15) is 13.2 Å². The second-order valence-corrected chi connectivity index (χ2v) is 7.22. The second-order valence-electron chi connectivity index (χ2n) is 7.22. The van der Waals surface area contributed by atoms with Gasteiger partial charge in [-0.2, -0.15) is 18.3 Å². The van der Waals surface area contributed by atoms with Crippen molar-refractivity contribution in [3.63, 3.8) is 0 Å². The van der Waals surface area contributed by atoms with Crippen molar-refractivity contribution < 1.29 is 17.9 Å². The number of alkyl halides is 3. The van der Waals surface area contributed by atoms with E-state index in [0.29, 0.717) is 12.0 Å². The van der Waals surface area contributed by atoms with Crippen LogP contribution in [0.1, 0.15) is 43.4 Å². The molecular formula is C16H22F3N3O. The average Bonchev–Trinajstić information content (AvgIpc) is 3.15. The van der Waals surface area contributed by atoms with E-state index in [1.54, 1.807) is 0 Å². The van der Waals surface area contributed by atoms with Crippen LogP contribution in [-0.4, -0.2) is 28.5 Å². The van der Waals surface area contributed by atoms with E-state index in [2.05, 4.69) is 10.4 Å². The summed E-state index contributed by atoms with van der Waals surface area (Å²) in [5.41, 5.74) is -0.385. The second kappa shape index (κ2) is 5.21. The van der Waals surface area contributed by atoms with Crippen LogP contribution in [-0.2, 0) is 24.5 Å². The van der Waals surface area contributed by atoms with Gasteiger partial charge in [-0.25, -0.2) is 0 Å². The molecule has 2 heterocycles. The molecule has 1 spiro atoms. The molecule has 0 bridgehead atoms. The Bertz CT molecular complexity index is 592. The maximum Gasteiger partial charge on any atom is 0.435 e. The summed E-state index contributed by atoms with van der Waals surface area (Å²) in [6.07, 6.45) is 3.06. The molecule has 0 aromatic carbocycles. The first-order valence-electron chi connectivity index (χ1n) is 8.36. The van der Waals surface area contributed by atoms with Gasteiger partial charge in [0.05, 0.1) is 6.10 Å². The highest BCUT2D eigenvalue weighted by Crippen LogP contribution is 2.60. The summed E-state index contributed by atoms with van der Waals surface area (Å²) in [6.45, 7) is 1.01. The quantitative estimate of drug-likeness (QED) is 0.927. The van der Waals surface area contributed by atoms with Gasteiger partial charge in [0, 0.05) is 49.3 Å². The topological polar surface area (TPSA) is 39.1 Å². The third-order valence-corrected chi connectivity index (χ3v) is 5.97. The summed E-state index contributed by atoms with van der Waals surface area (Å²) >= 11 is 0. The Morgan fingerprint density at radius 3 is 2.83 bits per heavy atom. The maximum absolute atomic E-state index is 13.1. The fourth-order valence-corrected chi connectivity index (χ4v) is 5.13. The van der Waals surface area contributed by atoms with Crippen molar-refractivity contribution in [2.24, 2.45) is 18.4 Å². The van der Waals surface area contributed by atoms with Crippen LogP contribution < -0.4 is 5.32 Å². The predicted octanol–water partition coefficient (Wildman–Crippen LogP) is 2.88. The van der Waals surface area contributed by atoms with Crippen molar-refractivity contribution in [2.75, 3.05) is 6.61 Å². The lowest BCUT2D eigenvalue weighted by Gasteiger charge is -2.57. The van der Waals surface area contributed by atoms with Gasteiger partial charge in [-0.15, -0.1) is 0 Å². The Balaban J connectivity index is 1.51. The Labute approximate surface area is 133 Å². The molecular weight excluding hydrogens is 307 g/mol. The standard InChI is InChI=1S/C16H22F3N3O/c1-22-9-10(12(21-22)16(17,18)19)8-20-13-11-4-7-23-14(11)15(13)5-2-3-6-15/h9,11,13-14,20H,2-8H2,1H3/t11-,13+,14-/m1/s1. The average molecular weight is 329 g/mol. The molecule has 0 unspecified atom stereocenters. The number of halogens is 3. The van der Waals surface area contributed by atoms with Gasteiger partial charge < -0.3 is 10.1 Å². The van der Waals surface area contributed by atoms with Crippen molar-refractivity contribution in [2.45, 2.75) is 57.0 Å².